The molecular weight excluding hydrogens is 381 g/mol. The van der Waals surface area contributed by atoms with Crippen LogP contribution in [0.3, 0.4) is 0 Å². The molecule has 2 aliphatic rings. The maximum absolute atomic E-state index is 13.6. The fraction of sp³-hybridized carbons (Fsp3) is 0.273. The number of carbonyl (C=O) groups excluding carboxylic acids is 2. The number of ketones is 1. The molecule has 0 radical (unpaired) electrons. The molecule has 0 N–H and O–H groups in total. The number of allylic oxidation sites excluding steroid dienone is 2. The molecule has 28 heavy (non-hydrogen) atoms. The van der Waals surface area contributed by atoms with Crippen molar-refractivity contribution in [2.45, 2.75) is 31.6 Å². The minimum atomic E-state index is -0.546. The van der Waals surface area contributed by atoms with Crippen LogP contribution in [-0.2, 0) is 9.59 Å². The topological polar surface area (TPSA) is 46.6 Å². The average molecular weight is 400 g/mol. The Morgan fingerprint density at radius 2 is 1.93 bits per heavy atom. The predicted octanol–water partition coefficient (Wildman–Crippen LogP) is 5.02. The number of para-hydroxylation sites is 1. The van der Waals surface area contributed by atoms with E-state index in [9.17, 15) is 14.0 Å². The highest BCUT2D eigenvalue weighted by molar-refractivity contribution is 6.31. The molecule has 2 aromatic carbocycles. The van der Waals surface area contributed by atoms with Crippen molar-refractivity contribution in [1.82, 2.24) is 0 Å². The van der Waals surface area contributed by atoms with Gasteiger partial charge in [0.2, 0.25) is 5.91 Å². The molecule has 0 saturated heterocycles. The smallest absolute Gasteiger partial charge is 0.232 e. The number of nitrogens with zero attached hydrogens (tertiary/aromatic N) is 1. The van der Waals surface area contributed by atoms with Gasteiger partial charge in [-0.3, -0.25) is 14.5 Å². The minimum Gasteiger partial charge on any atom is -0.496 e. The molecule has 1 aliphatic carbocycles. The van der Waals surface area contributed by atoms with E-state index in [1.54, 1.807) is 7.11 Å². The van der Waals surface area contributed by atoms with Gasteiger partial charge in [0.05, 0.1) is 17.8 Å². The van der Waals surface area contributed by atoms with Crippen molar-refractivity contribution in [3.63, 3.8) is 0 Å². The van der Waals surface area contributed by atoms with E-state index >= 15 is 0 Å². The second-order valence-corrected chi connectivity index (χ2v) is 7.37. The van der Waals surface area contributed by atoms with Gasteiger partial charge >= 0.3 is 0 Å². The lowest BCUT2D eigenvalue weighted by Gasteiger charge is -2.38. The normalized spacial score (nSPS) is 19.7. The van der Waals surface area contributed by atoms with Crippen LogP contribution in [0.5, 0.6) is 5.75 Å². The van der Waals surface area contributed by atoms with Crippen molar-refractivity contribution >= 4 is 29.0 Å². The summed E-state index contributed by atoms with van der Waals surface area (Å²) in [6.07, 6.45) is 1.87. The van der Waals surface area contributed by atoms with Gasteiger partial charge in [-0.2, -0.15) is 0 Å². The molecule has 4 rings (SSSR count). The summed E-state index contributed by atoms with van der Waals surface area (Å²) in [5.74, 6) is -0.340. The van der Waals surface area contributed by atoms with E-state index in [0.29, 0.717) is 42.0 Å². The Balaban J connectivity index is 1.88. The number of anilines is 1. The molecule has 0 fully saturated rings. The van der Waals surface area contributed by atoms with Crippen LogP contribution in [0.4, 0.5) is 10.1 Å². The Kier molecular flexibility index (Phi) is 4.94. The third-order valence-electron chi connectivity index (χ3n) is 5.35. The molecule has 0 bridgehead atoms. The van der Waals surface area contributed by atoms with Gasteiger partial charge in [0, 0.05) is 35.6 Å². The van der Waals surface area contributed by atoms with Gasteiger partial charge in [-0.25, -0.2) is 4.39 Å². The van der Waals surface area contributed by atoms with Crippen LogP contribution in [-0.4, -0.2) is 18.8 Å². The summed E-state index contributed by atoms with van der Waals surface area (Å²) in [5, 5.41) is -0.0542. The fourth-order valence-corrected chi connectivity index (χ4v) is 4.31. The van der Waals surface area contributed by atoms with Crippen molar-refractivity contribution < 1.29 is 18.7 Å². The van der Waals surface area contributed by atoms with Gasteiger partial charge < -0.3 is 4.74 Å². The van der Waals surface area contributed by atoms with Crippen LogP contribution >= 0.6 is 11.6 Å². The van der Waals surface area contributed by atoms with Crippen LogP contribution in [0.2, 0.25) is 5.02 Å². The lowest BCUT2D eigenvalue weighted by atomic mass is 9.77. The first-order valence-electron chi connectivity index (χ1n) is 9.18. The molecule has 1 amide bonds. The van der Waals surface area contributed by atoms with Crippen molar-refractivity contribution in [2.75, 3.05) is 12.0 Å². The van der Waals surface area contributed by atoms with Crippen LogP contribution in [0, 0.1) is 5.82 Å². The summed E-state index contributed by atoms with van der Waals surface area (Å²) < 4.78 is 19.1. The van der Waals surface area contributed by atoms with Crippen molar-refractivity contribution in [3.8, 4) is 5.75 Å². The molecule has 0 aromatic heterocycles. The Bertz CT molecular complexity index is 1000. The van der Waals surface area contributed by atoms with E-state index in [1.165, 1.54) is 23.1 Å². The highest BCUT2D eigenvalue weighted by Crippen LogP contribution is 2.45. The van der Waals surface area contributed by atoms with E-state index in [1.807, 2.05) is 24.3 Å². The summed E-state index contributed by atoms with van der Waals surface area (Å²) in [6.45, 7) is 0. The molecule has 0 saturated carbocycles. The van der Waals surface area contributed by atoms with E-state index in [0.717, 1.165) is 5.56 Å². The van der Waals surface area contributed by atoms with E-state index in [-0.39, 0.29) is 29.1 Å². The molecule has 0 spiro atoms. The number of carbonyl (C=O) groups is 2. The molecule has 1 unspecified atom stereocenters. The third-order valence-corrected chi connectivity index (χ3v) is 5.64. The number of benzene rings is 2. The average Bonchev–Trinajstić information content (AvgIpc) is 2.70. The Morgan fingerprint density at radius 3 is 2.68 bits per heavy atom. The first kappa shape index (κ1) is 18.7. The zero-order valence-corrected chi connectivity index (χ0v) is 16.1. The minimum absolute atomic E-state index is 0.0443. The van der Waals surface area contributed by atoms with E-state index < -0.39 is 5.82 Å². The first-order chi connectivity index (χ1) is 13.5. The van der Waals surface area contributed by atoms with Crippen molar-refractivity contribution in [1.29, 1.82) is 0 Å². The van der Waals surface area contributed by atoms with Gasteiger partial charge in [0.15, 0.2) is 5.78 Å². The highest BCUT2D eigenvalue weighted by atomic mass is 35.5. The van der Waals surface area contributed by atoms with Crippen molar-refractivity contribution in [3.05, 3.63) is 70.1 Å². The summed E-state index contributed by atoms with van der Waals surface area (Å²) in [6, 6.07) is 11.7. The first-order valence-corrected chi connectivity index (χ1v) is 9.56. The number of hydrogen-bond acceptors (Lipinski definition) is 3. The summed E-state index contributed by atoms with van der Waals surface area (Å²) in [5.41, 5.74) is 2.65. The lowest BCUT2D eigenvalue weighted by molar-refractivity contribution is -0.119. The number of halogens is 2. The Morgan fingerprint density at radius 1 is 1.14 bits per heavy atom. The molecule has 1 atom stereocenters. The standard InChI is InChI=1S/C22H19ClFNO3/c1-28-20-8-3-2-5-14(20)15-12-21(27)25(13-9-10-17(24)16(23)11-13)18-6-4-7-19(26)22(15)18/h2-3,5,8-11,15H,4,6-7,12H2,1H3. The van der Waals surface area contributed by atoms with E-state index in [4.69, 9.17) is 16.3 Å². The predicted molar refractivity (Wildman–Crippen MR) is 105 cm³/mol. The van der Waals surface area contributed by atoms with Gasteiger partial charge in [0.25, 0.3) is 0 Å². The van der Waals surface area contributed by atoms with Crippen LogP contribution < -0.4 is 9.64 Å². The second-order valence-electron chi connectivity index (χ2n) is 6.96. The maximum Gasteiger partial charge on any atom is 0.232 e. The molecule has 6 heteroatoms. The van der Waals surface area contributed by atoms with Gasteiger partial charge in [-0.05, 0) is 37.1 Å². The SMILES string of the molecule is COc1ccccc1C1CC(=O)N(c2ccc(F)c(Cl)c2)C2=C1C(=O)CCC2. The largest absolute Gasteiger partial charge is 0.496 e. The number of Topliss-reactive ketones (excluding diaryl/α,β-unsaturated/α-hetero) is 1. The molecule has 1 aliphatic heterocycles. The highest BCUT2D eigenvalue weighted by Gasteiger charge is 2.40. The molecule has 1 heterocycles. The third kappa shape index (κ3) is 3.10. The number of ether oxygens (including phenoxy) is 1. The Labute approximate surface area is 167 Å². The van der Waals surface area contributed by atoms with Crippen LogP contribution in [0.15, 0.2) is 53.7 Å². The monoisotopic (exact) mass is 399 g/mol. The quantitative estimate of drug-likeness (QED) is 0.728. The lowest BCUT2D eigenvalue weighted by Crippen LogP contribution is -2.40. The zero-order chi connectivity index (χ0) is 19.8. The number of methoxy groups -OCH3 is 1. The summed E-state index contributed by atoms with van der Waals surface area (Å²) in [4.78, 5) is 27.6. The second kappa shape index (κ2) is 7.40. The summed E-state index contributed by atoms with van der Waals surface area (Å²) in [7, 11) is 1.58. The van der Waals surface area contributed by atoms with Crippen LogP contribution in [0.1, 0.15) is 37.2 Å². The number of rotatable bonds is 3. The van der Waals surface area contributed by atoms with Crippen molar-refractivity contribution in [2.24, 2.45) is 0 Å². The number of amides is 1. The molecule has 144 valence electrons. The Hall–Kier alpha value is -2.66. The van der Waals surface area contributed by atoms with E-state index in [2.05, 4.69) is 0 Å². The molecular formula is C22H19ClFNO3. The number of hydrogen-bond donors (Lipinski definition) is 0. The van der Waals surface area contributed by atoms with Crippen LogP contribution in [0.25, 0.3) is 0 Å². The maximum atomic E-state index is 13.6. The summed E-state index contributed by atoms with van der Waals surface area (Å²) >= 11 is 5.94. The van der Waals surface area contributed by atoms with Gasteiger partial charge in [-0.15, -0.1) is 0 Å². The van der Waals surface area contributed by atoms with Gasteiger partial charge in [-0.1, -0.05) is 29.8 Å². The molecule has 4 nitrogen and oxygen atoms in total. The molecule has 2 aromatic rings. The van der Waals surface area contributed by atoms with Gasteiger partial charge in [0.1, 0.15) is 11.6 Å². The fourth-order valence-electron chi connectivity index (χ4n) is 4.14. The zero-order valence-electron chi connectivity index (χ0n) is 15.4.